The van der Waals surface area contributed by atoms with Crippen LogP contribution in [0.25, 0.3) is 0 Å². The lowest BCUT2D eigenvalue weighted by Gasteiger charge is -1.99. The average molecular weight is 261 g/mol. The fourth-order valence-corrected chi connectivity index (χ4v) is 2.25. The van der Waals surface area contributed by atoms with E-state index in [0.29, 0.717) is 34.9 Å². The first-order chi connectivity index (χ1) is 7.63. The first-order valence-corrected chi connectivity index (χ1v) is 6.18. The van der Waals surface area contributed by atoms with Gasteiger partial charge in [0.2, 0.25) is 0 Å². The van der Waals surface area contributed by atoms with Crippen LogP contribution in [0.4, 0.5) is 0 Å². The Hall–Kier alpha value is -0.870. The third-order valence-electron chi connectivity index (χ3n) is 2.11. The maximum atomic E-state index is 11.6. The molecule has 0 saturated heterocycles. The number of ether oxygens (including phenoxy) is 1. The van der Waals surface area contributed by atoms with E-state index in [4.69, 9.17) is 11.6 Å². The molecule has 1 aromatic heterocycles. The number of unbranched alkanes of at least 4 members (excludes halogenated alkanes) is 1. The van der Waals surface area contributed by atoms with Crippen LogP contribution >= 0.6 is 22.9 Å². The molecule has 1 aromatic rings. The number of methoxy groups -OCH3 is 1. The number of thiophene rings is 1. The summed E-state index contributed by atoms with van der Waals surface area (Å²) in [6.45, 7) is 0. The van der Waals surface area contributed by atoms with E-state index < -0.39 is 0 Å². The van der Waals surface area contributed by atoms with Gasteiger partial charge >= 0.3 is 5.97 Å². The quantitative estimate of drug-likeness (QED) is 0.448. The highest BCUT2D eigenvalue weighted by atomic mass is 35.5. The maximum Gasteiger partial charge on any atom is 0.305 e. The van der Waals surface area contributed by atoms with E-state index in [1.807, 2.05) is 0 Å². The molecule has 0 saturated carbocycles. The fraction of sp³-hybridized carbons (Fsp3) is 0.455. The Labute approximate surface area is 103 Å². The lowest BCUT2D eigenvalue weighted by molar-refractivity contribution is -0.140. The topological polar surface area (TPSA) is 43.4 Å². The highest BCUT2D eigenvalue weighted by molar-refractivity contribution is 7.18. The van der Waals surface area contributed by atoms with E-state index in [2.05, 4.69) is 4.74 Å². The third kappa shape index (κ3) is 4.33. The molecule has 0 radical (unpaired) electrons. The molecule has 0 bridgehead atoms. The van der Waals surface area contributed by atoms with Crippen molar-refractivity contribution in [2.75, 3.05) is 7.11 Å². The molecule has 0 aromatic carbocycles. The standard InChI is InChI=1S/C11H13ClO3S/c1-15-11(14)5-3-2-4-8(13)9-6-7-10(12)16-9/h6-7H,2-5H2,1H3. The van der Waals surface area contributed by atoms with Crippen molar-refractivity contribution in [3.05, 3.63) is 21.3 Å². The summed E-state index contributed by atoms with van der Waals surface area (Å²) in [7, 11) is 1.36. The fourth-order valence-electron chi connectivity index (χ4n) is 1.24. The zero-order valence-corrected chi connectivity index (χ0v) is 10.6. The van der Waals surface area contributed by atoms with Crippen LogP contribution in [0, 0.1) is 0 Å². The van der Waals surface area contributed by atoms with E-state index in [0.717, 1.165) is 0 Å². The van der Waals surface area contributed by atoms with Gasteiger partial charge in [-0.2, -0.15) is 0 Å². The number of halogens is 1. The van der Waals surface area contributed by atoms with Crippen molar-refractivity contribution in [1.82, 2.24) is 0 Å². The van der Waals surface area contributed by atoms with Crippen molar-refractivity contribution in [2.45, 2.75) is 25.7 Å². The van der Waals surface area contributed by atoms with Crippen LogP contribution in [-0.2, 0) is 9.53 Å². The lowest BCUT2D eigenvalue weighted by atomic mass is 10.1. The molecular formula is C11H13ClO3S. The molecule has 16 heavy (non-hydrogen) atoms. The second-order valence-electron chi connectivity index (χ2n) is 3.31. The Kier molecular flexibility index (Phi) is 5.49. The van der Waals surface area contributed by atoms with Crippen LogP contribution in [0.3, 0.4) is 0 Å². The number of ketones is 1. The van der Waals surface area contributed by atoms with Crippen LogP contribution in [0.5, 0.6) is 0 Å². The molecule has 0 atom stereocenters. The number of esters is 1. The number of carbonyl (C=O) groups is 2. The van der Waals surface area contributed by atoms with E-state index >= 15 is 0 Å². The molecule has 88 valence electrons. The van der Waals surface area contributed by atoms with Crippen LogP contribution in [-0.4, -0.2) is 18.9 Å². The number of hydrogen-bond donors (Lipinski definition) is 0. The van der Waals surface area contributed by atoms with Crippen molar-refractivity contribution < 1.29 is 14.3 Å². The number of hydrogen-bond acceptors (Lipinski definition) is 4. The highest BCUT2D eigenvalue weighted by Gasteiger charge is 2.08. The Morgan fingerprint density at radius 3 is 2.56 bits per heavy atom. The average Bonchev–Trinajstić information content (AvgIpc) is 2.70. The largest absolute Gasteiger partial charge is 0.469 e. The van der Waals surface area contributed by atoms with Crippen LogP contribution in [0.2, 0.25) is 4.34 Å². The molecule has 0 aliphatic carbocycles. The molecule has 1 rings (SSSR count). The molecule has 0 aliphatic heterocycles. The zero-order chi connectivity index (χ0) is 12.0. The summed E-state index contributed by atoms with van der Waals surface area (Å²) in [5.74, 6) is -0.145. The van der Waals surface area contributed by atoms with Crippen molar-refractivity contribution in [3.8, 4) is 0 Å². The molecule has 0 amide bonds. The summed E-state index contributed by atoms with van der Waals surface area (Å²) in [4.78, 5) is 23.1. The SMILES string of the molecule is COC(=O)CCCCC(=O)c1ccc(Cl)s1. The van der Waals surface area contributed by atoms with Gasteiger partial charge < -0.3 is 4.74 Å². The maximum absolute atomic E-state index is 11.6. The summed E-state index contributed by atoms with van der Waals surface area (Å²) in [5.41, 5.74) is 0. The molecule has 0 fully saturated rings. The number of Topliss-reactive ketones (excluding diaryl/α,β-unsaturated/α-hetero) is 1. The summed E-state index contributed by atoms with van der Waals surface area (Å²) in [5, 5.41) is 0. The molecule has 0 aliphatic rings. The van der Waals surface area contributed by atoms with E-state index in [9.17, 15) is 9.59 Å². The second kappa shape index (κ2) is 6.66. The normalized spacial score (nSPS) is 10.1. The summed E-state index contributed by atoms with van der Waals surface area (Å²) >= 11 is 7.02. The van der Waals surface area contributed by atoms with Gasteiger partial charge in [-0.3, -0.25) is 9.59 Å². The molecule has 0 N–H and O–H groups in total. The first kappa shape index (κ1) is 13.2. The van der Waals surface area contributed by atoms with Gasteiger partial charge in [-0.15, -0.1) is 11.3 Å². The van der Waals surface area contributed by atoms with Crippen LogP contribution < -0.4 is 0 Å². The van der Waals surface area contributed by atoms with Gasteiger partial charge in [0.1, 0.15) is 0 Å². The molecule has 0 unspecified atom stereocenters. The number of rotatable bonds is 6. The van der Waals surface area contributed by atoms with Crippen molar-refractivity contribution in [3.63, 3.8) is 0 Å². The van der Waals surface area contributed by atoms with E-state index in [1.54, 1.807) is 12.1 Å². The van der Waals surface area contributed by atoms with E-state index in [-0.39, 0.29) is 11.8 Å². The molecule has 3 nitrogen and oxygen atoms in total. The van der Waals surface area contributed by atoms with Gasteiger partial charge in [0.05, 0.1) is 16.3 Å². The second-order valence-corrected chi connectivity index (χ2v) is 5.03. The van der Waals surface area contributed by atoms with Crippen LogP contribution in [0.15, 0.2) is 12.1 Å². The van der Waals surface area contributed by atoms with Gasteiger partial charge in [0, 0.05) is 12.8 Å². The monoisotopic (exact) mass is 260 g/mol. The Bertz CT molecular complexity index is 373. The Morgan fingerprint density at radius 1 is 1.31 bits per heavy atom. The van der Waals surface area contributed by atoms with Crippen molar-refractivity contribution in [2.24, 2.45) is 0 Å². The minimum atomic E-state index is -0.230. The molecule has 5 heteroatoms. The van der Waals surface area contributed by atoms with Gasteiger partial charge in [-0.1, -0.05) is 11.6 Å². The van der Waals surface area contributed by atoms with Gasteiger partial charge in [-0.05, 0) is 25.0 Å². The molecular weight excluding hydrogens is 248 g/mol. The van der Waals surface area contributed by atoms with E-state index in [1.165, 1.54) is 18.4 Å². The predicted molar refractivity (Wildman–Crippen MR) is 64.1 cm³/mol. The highest BCUT2D eigenvalue weighted by Crippen LogP contribution is 2.23. The van der Waals surface area contributed by atoms with Gasteiger partial charge in [0.15, 0.2) is 5.78 Å². The zero-order valence-electron chi connectivity index (χ0n) is 8.99. The molecule has 1 heterocycles. The van der Waals surface area contributed by atoms with Crippen LogP contribution in [0.1, 0.15) is 35.4 Å². The minimum Gasteiger partial charge on any atom is -0.469 e. The summed E-state index contributed by atoms with van der Waals surface area (Å²) in [6, 6.07) is 3.45. The number of carbonyl (C=O) groups excluding carboxylic acids is 2. The molecule has 0 spiro atoms. The summed E-state index contributed by atoms with van der Waals surface area (Å²) < 4.78 is 5.13. The van der Waals surface area contributed by atoms with Gasteiger partial charge in [0.25, 0.3) is 0 Å². The Morgan fingerprint density at radius 2 is 2.00 bits per heavy atom. The Balaban J connectivity index is 2.23. The minimum absolute atomic E-state index is 0.0850. The van der Waals surface area contributed by atoms with Gasteiger partial charge in [-0.25, -0.2) is 0 Å². The summed E-state index contributed by atoms with van der Waals surface area (Å²) in [6.07, 6.45) is 2.20. The van der Waals surface area contributed by atoms with Crippen molar-refractivity contribution >= 4 is 34.7 Å². The first-order valence-electron chi connectivity index (χ1n) is 4.99. The van der Waals surface area contributed by atoms with Crippen molar-refractivity contribution in [1.29, 1.82) is 0 Å². The third-order valence-corrected chi connectivity index (χ3v) is 3.38. The predicted octanol–water partition coefficient (Wildman–Crippen LogP) is 3.32. The smallest absolute Gasteiger partial charge is 0.305 e. The lowest BCUT2D eigenvalue weighted by Crippen LogP contribution is -2.01.